The van der Waals surface area contributed by atoms with E-state index in [0.717, 1.165) is 31.2 Å². The third-order valence-corrected chi connectivity index (χ3v) is 5.38. The molecule has 2 N–H and O–H groups in total. The van der Waals surface area contributed by atoms with E-state index in [9.17, 15) is 5.11 Å². The van der Waals surface area contributed by atoms with Crippen LogP contribution in [0.1, 0.15) is 59.8 Å². The van der Waals surface area contributed by atoms with E-state index in [2.05, 4.69) is 27.7 Å². The third kappa shape index (κ3) is 5.88. The number of likely N-dealkylation sites (tertiary alicyclic amines) is 1. The van der Waals surface area contributed by atoms with E-state index < -0.39 is 0 Å². The monoisotopic (exact) mass is 298 g/mol. The molecule has 1 aliphatic carbocycles. The number of aliphatic hydroxyl groups excluding tert-OH is 1. The Morgan fingerprint density at radius 2 is 1.81 bits per heavy atom. The van der Waals surface area contributed by atoms with E-state index in [4.69, 9.17) is 4.74 Å². The minimum atomic E-state index is -0.297. The van der Waals surface area contributed by atoms with Gasteiger partial charge in [-0.25, -0.2) is 0 Å². The molecule has 0 amide bonds. The summed E-state index contributed by atoms with van der Waals surface area (Å²) in [5.41, 5.74) is 0.390. The molecule has 124 valence electrons. The zero-order valence-corrected chi connectivity index (χ0v) is 14.5. The molecule has 1 aliphatic heterocycles. The Morgan fingerprint density at radius 3 is 2.43 bits per heavy atom. The van der Waals surface area contributed by atoms with Crippen LogP contribution < -0.4 is 4.90 Å². The highest BCUT2D eigenvalue weighted by Gasteiger charge is 2.33. The van der Waals surface area contributed by atoms with Crippen molar-refractivity contribution in [3.05, 3.63) is 0 Å². The number of hydrogen-bond donors (Lipinski definition) is 2. The third-order valence-electron chi connectivity index (χ3n) is 5.38. The Bertz CT molecular complexity index is 310. The van der Waals surface area contributed by atoms with Crippen LogP contribution in [0.5, 0.6) is 0 Å². The highest BCUT2D eigenvalue weighted by molar-refractivity contribution is 4.83. The fourth-order valence-electron chi connectivity index (χ4n) is 4.40. The summed E-state index contributed by atoms with van der Waals surface area (Å²) < 4.78 is 6.05. The Labute approximate surface area is 131 Å². The zero-order valence-electron chi connectivity index (χ0n) is 14.5. The van der Waals surface area contributed by atoms with Crippen molar-refractivity contribution >= 4 is 0 Å². The lowest BCUT2D eigenvalue weighted by Crippen LogP contribution is -3.14. The molecule has 0 spiro atoms. The Hall–Kier alpha value is -0.120. The number of piperidine rings is 1. The van der Waals surface area contributed by atoms with Gasteiger partial charge in [0.05, 0.1) is 25.8 Å². The number of quaternary nitrogens is 1. The van der Waals surface area contributed by atoms with Crippen LogP contribution in [0.15, 0.2) is 0 Å². The summed E-state index contributed by atoms with van der Waals surface area (Å²) in [5.74, 6) is 1.61. The molecule has 2 fully saturated rings. The molecule has 0 aromatic heterocycles. The summed E-state index contributed by atoms with van der Waals surface area (Å²) in [6.07, 6.45) is 6.24. The average Bonchev–Trinajstić information content (AvgIpc) is 2.37. The second-order valence-corrected chi connectivity index (χ2v) is 8.66. The summed E-state index contributed by atoms with van der Waals surface area (Å²) in [5, 5.41) is 10.2. The van der Waals surface area contributed by atoms with Crippen LogP contribution in [0.4, 0.5) is 0 Å². The minimum Gasteiger partial charge on any atom is -0.385 e. The van der Waals surface area contributed by atoms with Crippen molar-refractivity contribution in [3.8, 4) is 0 Å². The topological polar surface area (TPSA) is 33.9 Å². The van der Waals surface area contributed by atoms with Gasteiger partial charge in [0.1, 0.15) is 12.6 Å². The molecule has 1 saturated carbocycles. The Balaban J connectivity index is 1.67. The first-order chi connectivity index (χ1) is 9.84. The average molecular weight is 298 g/mol. The lowest BCUT2D eigenvalue weighted by molar-refractivity contribution is -0.909. The van der Waals surface area contributed by atoms with E-state index in [1.807, 2.05) is 0 Å². The van der Waals surface area contributed by atoms with Crippen molar-refractivity contribution < 1.29 is 14.7 Å². The SMILES string of the molecule is CC1CC[NH+](C[C@@H](O)CO[C@H]2C[C@H](C)CC(C)(C)C2)CC1. The molecule has 2 rings (SSSR count). The molecule has 1 heterocycles. The Morgan fingerprint density at radius 1 is 1.14 bits per heavy atom. The van der Waals surface area contributed by atoms with Gasteiger partial charge in [-0.3, -0.25) is 0 Å². The fraction of sp³-hybridized carbons (Fsp3) is 1.00. The van der Waals surface area contributed by atoms with Gasteiger partial charge < -0.3 is 14.7 Å². The normalized spacial score (nSPS) is 38.1. The van der Waals surface area contributed by atoms with Crippen molar-refractivity contribution in [1.29, 1.82) is 0 Å². The van der Waals surface area contributed by atoms with Gasteiger partial charge in [-0.15, -0.1) is 0 Å². The van der Waals surface area contributed by atoms with Crippen molar-refractivity contribution in [3.63, 3.8) is 0 Å². The second-order valence-electron chi connectivity index (χ2n) is 8.66. The van der Waals surface area contributed by atoms with Crippen molar-refractivity contribution in [2.45, 2.75) is 72.0 Å². The summed E-state index contributed by atoms with van der Waals surface area (Å²) in [6.45, 7) is 13.2. The molecule has 0 bridgehead atoms. The van der Waals surface area contributed by atoms with Crippen LogP contribution >= 0.6 is 0 Å². The molecule has 0 radical (unpaired) electrons. The molecule has 3 nitrogen and oxygen atoms in total. The molecule has 0 aromatic carbocycles. The standard InChI is InChI=1S/C18H35NO2/c1-14-5-7-19(8-6-14)12-16(20)13-21-17-9-15(2)10-18(3,4)11-17/h14-17,20H,5-13H2,1-4H3/p+1/t15-,16+,17-/m0/s1. The number of ether oxygens (including phenoxy) is 1. The predicted octanol–water partition coefficient (Wildman–Crippen LogP) is 1.89. The van der Waals surface area contributed by atoms with E-state index in [1.54, 1.807) is 4.90 Å². The fourth-order valence-corrected chi connectivity index (χ4v) is 4.40. The van der Waals surface area contributed by atoms with E-state index in [0.29, 0.717) is 18.1 Å². The highest BCUT2D eigenvalue weighted by atomic mass is 16.5. The van der Waals surface area contributed by atoms with Gasteiger partial charge >= 0.3 is 0 Å². The molecule has 2 aliphatic rings. The van der Waals surface area contributed by atoms with Gasteiger partial charge in [-0.05, 0) is 49.4 Å². The molecule has 3 heteroatoms. The number of aliphatic hydroxyl groups is 1. The van der Waals surface area contributed by atoms with Crippen LogP contribution in [0.2, 0.25) is 0 Å². The summed E-state index contributed by atoms with van der Waals surface area (Å²) in [4.78, 5) is 1.56. The Kier molecular flexibility index (Phi) is 6.10. The highest BCUT2D eigenvalue weighted by Crippen LogP contribution is 2.39. The first-order valence-electron chi connectivity index (χ1n) is 8.97. The van der Waals surface area contributed by atoms with Crippen LogP contribution in [-0.4, -0.2) is 43.6 Å². The summed E-state index contributed by atoms with van der Waals surface area (Å²) in [6, 6.07) is 0. The van der Waals surface area contributed by atoms with Gasteiger partial charge in [0, 0.05) is 0 Å². The predicted molar refractivity (Wildman–Crippen MR) is 86.5 cm³/mol. The van der Waals surface area contributed by atoms with Crippen molar-refractivity contribution in [1.82, 2.24) is 0 Å². The number of nitrogens with one attached hydrogen (secondary N) is 1. The maximum absolute atomic E-state index is 10.2. The molecule has 3 atom stereocenters. The van der Waals surface area contributed by atoms with Crippen molar-refractivity contribution in [2.24, 2.45) is 17.3 Å². The maximum atomic E-state index is 10.2. The molecular formula is C18H36NO2+. The van der Waals surface area contributed by atoms with Gasteiger partial charge in [0.15, 0.2) is 0 Å². The van der Waals surface area contributed by atoms with Gasteiger partial charge in [-0.2, -0.15) is 0 Å². The lowest BCUT2D eigenvalue weighted by atomic mass is 9.71. The van der Waals surface area contributed by atoms with Gasteiger partial charge in [0.2, 0.25) is 0 Å². The van der Waals surface area contributed by atoms with Crippen LogP contribution in [0.25, 0.3) is 0 Å². The molecule has 0 unspecified atom stereocenters. The van der Waals surface area contributed by atoms with Gasteiger partial charge in [-0.1, -0.05) is 27.7 Å². The van der Waals surface area contributed by atoms with Crippen LogP contribution in [0, 0.1) is 17.3 Å². The molecule has 0 aromatic rings. The van der Waals surface area contributed by atoms with Gasteiger partial charge in [0.25, 0.3) is 0 Å². The smallest absolute Gasteiger partial charge is 0.126 e. The van der Waals surface area contributed by atoms with E-state index >= 15 is 0 Å². The first kappa shape index (κ1) is 17.2. The summed E-state index contributed by atoms with van der Waals surface area (Å²) >= 11 is 0. The maximum Gasteiger partial charge on any atom is 0.126 e. The second kappa shape index (κ2) is 7.43. The van der Waals surface area contributed by atoms with Crippen LogP contribution in [0.3, 0.4) is 0 Å². The minimum absolute atomic E-state index is 0.297. The molecule has 1 saturated heterocycles. The van der Waals surface area contributed by atoms with E-state index in [-0.39, 0.29) is 6.10 Å². The molecular weight excluding hydrogens is 262 g/mol. The zero-order chi connectivity index (χ0) is 15.5. The quantitative estimate of drug-likeness (QED) is 0.813. The lowest BCUT2D eigenvalue weighted by Gasteiger charge is -2.39. The van der Waals surface area contributed by atoms with E-state index in [1.165, 1.54) is 32.4 Å². The largest absolute Gasteiger partial charge is 0.385 e. The summed E-state index contributed by atoms with van der Waals surface area (Å²) in [7, 11) is 0. The first-order valence-corrected chi connectivity index (χ1v) is 8.97. The van der Waals surface area contributed by atoms with Crippen molar-refractivity contribution in [2.75, 3.05) is 26.2 Å². The van der Waals surface area contributed by atoms with Crippen LogP contribution in [-0.2, 0) is 4.74 Å². The number of rotatable bonds is 5. The number of hydrogen-bond acceptors (Lipinski definition) is 2. The molecule has 21 heavy (non-hydrogen) atoms.